The fourth-order valence-electron chi connectivity index (χ4n) is 2.69. The molecule has 3 heterocycles. The number of piperazine rings is 1. The molecule has 3 N–H and O–H groups in total. The molecule has 2 aromatic rings. The van der Waals surface area contributed by atoms with E-state index in [2.05, 4.69) is 43.9 Å². The summed E-state index contributed by atoms with van der Waals surface area (Å²) in [5, 5.41) is 4.47. The Balaban J connectivity index is 2.01. The molecule has 0 unspecified atom stereocenters. The Bertz CT molecular complexity index is 585. The Hall–Kier alpha value is -1.82. The highest BCUT2D eigenvalue weighted by Crippen LogP contribution is 2.26. The molecule has 1 aliphatic rings. The molecule has 1 aliphatic heterocycles. The summed E-state index contributed by atoms with van der Waals surface area (Å²) in [5.41, 5.74) is 6.87. The SMILES string of the molecule is CCCCn1ccc2c(N3CCNCC3)nc(N)nc21. The van der Waals surface area contributed by atoms with Crippen molar-refractivity contribution in [1.82, 2.24) is 19.9 Å². The molecule has 2 aromatic heterocycles. The molecular weight excluding hydrogens is 252 g/mol. The molecule has 3 rings (SSSR count). The van der Waals surface area contributed by atoms with Crippen molar-refractivity contribution in [2.75, 3.05) is 36.8 Å². The van der Waals surface area contributed by atoms with Crippen molar-refractivity contribution in [3.63, 3.8) is 0 Å². The lowest BCUT2D eigenvalue weighted by atomic mass is 10.3. The van der Waals surface area contributed by atoms with Gasteiger partial charge in [0.25, 0.3) is 0 Å². The zero-order valence-corrected chi connectivity index (χ0v) is 12.0. The quantitative estimate of drug-likeness (QED) is 0.877. The summed E-state index contributed by atoms with van der Waals surface area (Å²) in [6.07, 6.45) is 4.42. The standard InChI is InChI=1S/C14H22N6/c1-2-3-7-19-8-4-11-12(19)17-14(15)18-13(11)20-9-5-16-6-10-20/h4,8,16H,2-3,5-7,9-10H2,1H3,(H2,15,17,18). The van der Waals surface area contributed by atoms with Gasteiger partial charge in [0.1, 0.15) is 11.5 Å². The molecule has 1 saturated heterocycles. The van der Waals surface area contributed by atoms with Gasteiger partial charge in [-0.05, 0) is 12.5 Å². The zero-order chi connectivity index (χ0) is 13.9. The second-order valence-electron chi connectivity index (χ2n) is 5.24. The maximum absolute atomic E-state index is 5.91. The summed E-state index contributed by atoms with van der Waals surface area (Å²) >= 11 is 0. The highest BCUT2D eigenvalue weighted by molar-refractivity contribution is 5.89. The van der Waals surface area contributed by atoms with Crippen LogP contribution in [-0.2, 0) is 6.54 Å². The van der Waals surface area contributed by atoms with Gasteiger partial charge in [0.15, 0.2) is 0 Å². The highest BCUT2D eigenvalue weighted by atomic mass is 15.3. The Morgan fingerprint density at radius 3 is 2.85 bits per heavy atom. The van der Waals surface area contributed by atoms with Crippen molar-refractivity contribution < 1.29 is 0 Å². The fourth-order valence-corrected chi connectivity index (χ4v) is 2.69. The normalized spacial score (nSPS) is 15.9. The average Bonchev–Trinajstić information content (AvgIpc) is 2.88. The van der Waals surface area contributed by atoms with Crippen LogP contribution >= 0.6 is 0 Å². The number of unbranched alkanes of at least 4 members (excludes halogenated alkanes) is 1. The van der Waals surface area contributed by atoms with E-state index in [1.54, 1.807) is 0 Å². The van der Waals surface area contributed by atoms with Gasteiger partial charge in [-0.25, -0.2) is 0 Å². The number of aryl methyl sites for hydroxylation is 1. The van der Waals surface area contributed by atoms with Crippen LogP contribution in [0.1, 0.15) is 19.8 Å². The second-order valence-corrected chi connectivity index (χ2v) is 5.24. The highest BCUT2D eigenvalue weighted by Gasteiger charge is 2.17. The van der Waals surface area contributed by atoms with Crippen molar-refractivity contribution >= 4 is 22.8 Å². The van der Waals surface area contributed by atoms with Crippen LogP contribution in [0.15, 0.2) is 12.3 Å². The Kier molecular flexibility index (Phi) is 3.73. The molecule has 0 aromatic carbocycles. The molecule has 0 spiro atoms. The van der Waals surface area contributed by atoms with E-state index in [1.807, 2.05) is 0 Å². The first-order valence-corrected chi connectivity index (χ1v) is 7.37. The van der Waals surface area contributed by atoms with Gasteiger partial charge in [0.05, 0.1) is 5.39 Å². The molecule has 0 amide bonds. The van der Waals surface area contributed by atoms with E-state index in [1.165, 1.54) is 6.42 Å². The Labute approximate surface area is 119 Å². The van der Waals surface area contributed by atoms with Crippen molar-refractivity contribution in [3.05, 3.63) is 12.3 Å². The van der Waals surface area contributed by atoms with Crippen LogP contribution in [0.2, 0.25) is 0 Å². The number of aromatic nitrogens is 3. The number of rotatable bonds is 4. The van der Waals surface area contributed by atoms with Gasteiger partial charge in [-0.1, -0.05) is 13.3 Å². The minimum atomic E-state index is 0.363. The van der Waals surface area contributed by atoms with Gasteiger partial charge >= 0.3 is 0 Å². The summed E-state index contributed by atoms with van der Waals surface area (Å²) in [5.74, 6) is 1.34. The summed E-state index contributed by atoms with van der Waals surface area (Å²) in [4.78, 5) is 11.2. The molecule has 0 radical (unpaired) electrons. The number of anilines is 2. The van der Waals surface area contributed by atoms with Gasteiger partial charge in [-0.3, -0.25) is 0 Å². The van der Waals surface area contributed by atoms with E-state index in [9.17, 15) is 0 Å². The first-order valence-electron chi connectivity index (χ1n) is 7.37. The van der Waals surface area contributed by atoms with Crippen molar-refractivity contribution in [2.24, 2.45) is 0 Å². The van der Waals surface area contributed by atoms with Crippen molar-refractivity contribution in [3.8, 4) is 0 Å². The van der Waals surface area contributed by atoms with Crippen LogP contribution < -0.4 is 16.0 Å². The van der Waals surface area contributed by atoms with Crippen LogP contribution in [0.4, 0.5) is 11.8 Å². The third-order valence-electron chi connectivity index (χ3n) is 3.79. The third kappa shape index (κ3) is 2.43. The smallest absolute Gasteiger partial charge is 0.224 e. The van der Waals surface area contributed by atoms with E-state index >= 15 is 0 Å². The second kappa shape index (κ2) is 5.66. The summed E-state index contributed by atoms with van der Waals surface area (Å²) in [6.45, 7) is 7.08. The minimum absolute atomic E-state index is 0.363. The van der Waals surface area contributed by atoms with E-state index in [0.29, 0.717) is 5.95 Å². The van der Waals surface area contributed by atoms with Crippen molar-refractivity contribution in [2.45, 2.75) is 26.3 Å². The molecule has 20 heavy (non-hydrogen) atoms. The number of nitrogen functional groups attached to an aromatic ring is 1. The Morgan fingerprint density at radius 1 is 1.30 bits per heavy atom. The van der Waals surface area contributed by atoms with Crippen molar-refractivity contribution in [1.29, 1.82) is 0 Å². The largest absolute Gasteiger partial charge is 0.368 e. The number of hydrogen-bond donors (Lipinski definition) is 2. The minimum Gasteiger partial charge on any atom is -0.368 e. The zero-order valence-electron chi connectivity index (χ0n) is 12.0. The monoisotopic (exact) mass is 274 g/mol. The molecule has 108 valence electrons. The van der Waals surface area contributed by atoms with Gasteiger partial charge in [0.2, 0.25) is 5.95 Å². The van der Waals surface area contributed by atoms with E-state index in [0.717, 1.165) is 56.0 Å². The number of nitrogens with zero attached hydrogens (tertiary/aromatic N) is 4. The average molecular weight is 274 g/mol. The van der Waals surface area contributed by atoms with E-state index < -0.39 is 0 Å². The summed E-state index contributed by atoms with van der Waals surface area (Å²) < 4.78 is 2.18. The lowest BCUT2D eigenvalue weighted by Crippen LogP contribution is -2.44. The molecule has 0 bridgehead atoms. The maximum Gasteiger partial charge on any atom is 0.224 e. The fraction of sp³-hybridized carbons (Fsp3) is 0.571. The molecule has 0 aliphatic carbocycles. The van der Waals surface area contributed by atoms with Gasteiger partial charge < -0.3 is 20.5 Å². The van der Waals surface area contributed by atoms with Crippen LogP contribution in [0, 0.1) is 0 Å². The molecular formula is C14H22N6. The predicted molar refractivity (Wildman–Crippen MR) is 81.9 cm³/mol. The molecule has 6 nitrogen and oxygen atoms in total. The van der Waals surface area contributed by atoms with E-state index in [-0.39, 0.29) is 0 Å². The van der Waals surface area contributed by atoms with Crippen LogP contribution in [-0.4, -0.2) is 40.7 Å². The predicted octanol–water partition coefficient (Wildman–Crippen LogP) is 1.22. The lowest BCUT2D eigenvalue weighted by molar-refractivity contribution is 0.586. The molecule has 6 heteroatoms. The summed E-state index contributed by atoms with van der Waals surface area (Å²) in [6, 6.07) is 2.11. The maximum atomic E-state index is 5.91. The number of nitrogens with two attached hydrogens (primary N) is 1. The van der Waals surface area contributed by atoms with E-state index in [4.69, 9.17) is 5.73 Å². The number of hydrogen-bond acceptors (Lipinski definition) is 5. The topological polar surface area (TPSA) is 72.0 Å². The molecule has 0 atom stereocenters. The first kappa shape index (κ1) is 13.2. The van der Waals surface area contributed by atoms with Crippen LogP contribution in [0.5, 0.6) is 0 Å². The van der Waals surface area contributed by atoms with Gasteiger partial charge in [-0.15, -0.1) is 0 Å². The molecule has 1 fully saturated rings. The van der Waals surface area contributed by atoms with Gasteiger partial charge in [0, 0.05) is 38.9 Å². The Morgan fingerprint density at radius 2 is 2.10 bits per heavy atom. The summed E-state index contributed by atoms with van der Waals surface area (Å²) in [7, 11) is 0. The number of nitrogens with one attached hydrogen (secondary N) is 1. The first-order chi connectivity index (χ1) is 9.79. The van der Waals surface area contributed by atoms with Crippen LogP contribution in [0.25, 0.3) is 11.0 Å². The number of fused-ring (bicyclic) bond motifs is 1. The van der Waals surface area contributed by atoms with Gasteiger partial charge in [-0.2, -0.15) is 9.97 Å². The van der Waals surface area contributed by atoms with Crippen LogP contribution in [0.3, 0.4) is 0 Å². The third-order valence-corrected chi connectivity index (χ3v) is 3.79. The molecule has 0 saturated carbocycles. The lowest BCUT2D eigenvalue weighted by Gasteiger charge is -2.28.